The lowest BCUT2D eigenvalue weighted by Crippen LogP contribution is -2.11. The van der Waals surface area contributed by atoms with E-state index < -0.39 is 21.8 Å². The van der Waals surface area contributed by atoms with Crippen LogP contribution in [0.3, 0.4) is 0 Å². The van der Waals surface area contributed by atoms with Gasteiger partial charge in [0, 0.05) is 0 Å². The Morgan fingerprint density at radius 3 is 1.36 bits per heavy atom. The first kappa shape index (κ1) is 22.9. The first-order valence-electron chi connectivity index (χ1n) is 9.79. The highest BCUT2D eigenvalue weighted by atomic mass is 32.2. The highest BCUT2D eigenvalue weighted by molar-refractivity contribution is 7.91. The summed E-state index contributed by atoms with van der Waals surface area (Å²) in [5.41, 5.74) is 1.73. The number of rotatable bonds is 8. The lowest BCUT2D eigenvalue weighted by atomic mass is 10.2. The Kier molecular flexibility index (Phi) is 7.02. The topological polar surface area (TPSA) is 86.7 Å². The first-order chi connectivity index (χ1) is 15.9. The smallest absolute Gasteiger partial charge is 0.315 e. The highest BCUT2D eigenvalue weighted by Crippen LogP contribution is 2.25. The van der Waals surface area contributed by atoms with Crippen molar-refractivity contribution in [2.75, 3.05) is 0 Å². The summed E-state index contributed by atoms with van der Waals surface area (Å²) in [6.45, 7) is 0. The zero-order valence-electron chi connectivity index (χ0n) is 17.2. The van der Waals surface area contributed by atoms with Crippen molar-refractivity contribution in [1.29, 1.82) is 0 Å². The van der Waals surface area contributed by atoms with Gasteiger partial charge in [0.2, 0.25) is 9.84 Å². The Bertz CT molecular complexity index is 1220. The quantitative estimate of drug-likeness (QED) is 0.253. The zero-order chi connectivity index (χ0) is 23.3. The molecule has 4 rings (SSSR count). The highest BCUT2D eigenvalue weighted by Gasteiger charge is 2.18. The minimum absolute atomic E-state index is 0.0577. The van der Waals surface area contributed by atoms with Gasteiger partial charge < -0.3 is 9.47 Å². The third kappa shape index (κ3) is 5.95. The molecule has 0 spiro atoms. The SMILES string of the molecule is O=C(Cc1ccsc1)Oc1ccc(S(=O)(=O)c2ccc(OC(=O)Cc3ccsc3)cc2)cc1. The van der Waals surface area contributed by atoms with Crippen LogP contribution in [0.5, 0.6) is 11.5 Å². The lowest BCUT2D eigenvalue weighted by Gasteiger charge is -2.08. The van der Waals surface area contributed by atoms with Gasteiger partial charge in [-0.1, -0.05) is 0 Å². The Balaban J connectivity index is 1.39. The number of hydrogen-bond acceptors (Lipinski definition) is 8. The van der Waals surface area contributed by atoms with Crippen LogP contribution in [0.1, 0.15) is 11.1 Å². The second-order valence-corrected chi connectivity index (χ2v) is 10.5. The number of ether oxygens (including phenoxy) is 2. The van der Waals surface area contributed by atoms with Crippen molar-refractivity contribution < 1.29 is 27.5 Å². The van der Waals surface area contributed by atoms with Crippen LogP contribution < -0.4 is 9.47 Å². The van der Waals surface area contributed by atoms with E-state index in [4.69, 9.17) is 9.47 Å². The number of carbonyl (C=O) groups is 2. The van der Waals surface area contributed by atoms with Gasteiger partial charge in [0.05, 0.1) is 22.6 Å². The summed E-state index contributed by atoms with van der Waals surface area (Å²) in [6, 6.07) is 15.0. The predicted molar refractivity (Wildman–Crippen MR) is 126 cm³/mol. The van der Waals surface area contributed by atoms with Gasteiger partial charge in [0.15, 0.2) is 0 Å². The summed E-state index contributed by atoms with van der Waals surface area (Å²) in [4.78, 5) is 24.1. The van der Waals surface area contributed by atoms with Crippen LogP contribution >= 0.6 is 22.7 Å². The maximum absolute atomic E-state index is 12.9. The molecule has 0 amide bonds. The molecule has 0 aliphatic rings. The van der Waals surface area contributed by atoms with Crippen molar-refractivity contribution in [2.45, 2.75) is 22.6 Å². The summed E-state index contributed by atoms with van der Waals surface area (Å²) in [5.74, 6) is -0.314. The molecule has 0 aliphatic carbocycles. The lowest BCUT2D eigenvalue weighted by molar-refractivity contribution is -0.134. The molecule has 0 radical (unpaired) electrons. The van der Waals surface area contributed by atoms with Gasteiger partial charge >= 0.3 is 11.9 Å². The number of benzene rings is 2. The van der Waals surface area contributed by atoms with Crippen molar-refractivity contribution in [3.05, 3.63) is 93.3 Å². The van der Waals surface area contributed by atoms with Crippen LogP contribution in [0, 0.1) is 0 Å². The largest absolute Gasteiger partial charge is 0.426 e. The molecule has 0 atom stereocenters. The fourth-order valence-electron chi connectivity index (χ4n) is 2.96. The van der Waals surface area contributed by atoms with Crippen LogP contribution in [0.4, 0.5) is 0 Å². The molecular weight excluding hydrogens is 480 g/mol. The summed E-state index contributed by atoms with van der Waals surface area (Å²) >= 11 is 2.99. The van der Waals surface area contributed by atoms with E-state index in [-0.39, 0.29) is 34.1 Å². The maximum atomic E-state index is 12.9. The molecule has 0 N–H and O–H groups in total. The van der Waals surface area contributed by atoms with Crippen LogP contribution in [0.2, 0.25) is 0 Å². The molecule has 0 aliphatic heterocycles. The van der Waals surface area contributed by atoms with Crippen molar-refractivity contribution >= 4 is 44.4 Å². The van der Waals surface area contributed by atoms with E-state index in [9.17, 15) is 18.0 Å². The molecule has 9 heteroatoms. The Morgan fingerprint density at radius 2 is 1.03 bits per heavy atom. The molecule has 0 saturated carbocycles. The third-order valence-electron chi connectivity index (χ3n) is 4.59. The van der Waals surface area contributed by atoms with Crippen LogP contribution in [0.15, 0.2) is 92.0 Å². The number of thiophene rings is 2. The molecule has 4 aromatic rings. The van der Waals surface area contributed by atoms with E-state index in [2.05, 4.69) is 0 Å². The molecule has 2 aromatic heterocycles. The number of esters is 2. The maximum Gasteiger partial charge on any atom is 0.315 e. The third-order valence-corrected chi connectivity index (χ3v) is 7.84. The number of hydrogen-bond donors (Lipinski definition) is 0. The first-order valence-corrected chi connectivity index (χ1v) is 13.2. The zero-order valence-corrected chi connectivity index (χ0v) is 19.6. The molecule has 2 aromatic carbocycles. The van der Waals surface area contributed by atoms with Crippen molar-refractivity contribution in [3.8, 4) is 11.5 Å². The standard InChI is InChI=1S/C24H18O6S3/c25-23(13-17-9-11-31-15-17)29-19-1-5-21(6-2-19)33(27,28)22-7-3-20(4-8-22)30-24(26)14-18-10-12-32-16-18/h1-12,15-16H,13-14H2. The van der Waals surface area contributed by atoms with Gasteiger partial charge in [-0.05, 0) is 93.3 Å². The molecule has 0 saturated heterocycles. The van der Waals surface area contributed by atoms with Crippen LogP contribution in [0.25, 0.3) is 0 Å². The van der Waals surface area contributed by atoms with Crippen molar-refractivity contribution in [1.82, 2.24) is 0 Å². The van der Waals surface area contributed by atoms with E-state index in [1.165, 1.54) is 71.2 Å². The summed E-state index contributed by atoms with van der Waals surface area (Å²) < 4.78 is 36.4. The van der Waals surface area contributed by atoms with E-state index in [1.807, 2.05) is 33.7 Å². The van der Waals surface area contributed by atoms with Crippen LogP contribution in [-0.4, -0.2) is 20.4 Å². The van der Waals surface area contributed by atoms with Gasteiger partial charge in [-0.25, -0.2) is 8.42 Å². The normalized spacial score (nSPS) is 11.2. The predicted octanol–water partition coefficient (Wildman–Crippen LogP) is 4.94. The average Bonchev–Trinajstić information content (AvgIpc) is 3.49. The monoisotopic (exact) mass is 498 g/mol. The number of carbonyl (C=O) groups excluding carboxylic acids is 2. The summed E-state index contributed by atoms with van der Waals surface area (Å²) in [5, 5.41) is 7.49. The van der Waals surface area contributed by atoms with Gasteiger partial charge in [0.25, 0.3) is 0 Å². The van der Waals surface area contributed by atoms with Crippen molar-refractivity contribution in [2.24, 2.45) is 0 Å². The molecule has 6 nitrogen and oxygen atoms in total. The minimum atomic E-state index is -3.79. The Hall–Kier alpha value is -3.27. The molecule has 0 unspecified atom stereocenters. The van der Waals surface area contributed by atoms with Crippen LogP contribution in [-0.2, 0) is 32.3 Å². The fraction of sp³-hybridized carbons (Fsp3) is 0.0833. The molecule has 0 bridgehead atoms. The van der Waals surface area contributed by atoms with Gasteiger partial charge in [-0.15, -0.1) is 0 Å². The average molecular weight is 499 g/mol. The second kappa shape index (κ2) is 10.1. The molecule has 33 heavy (non-hydrogen) atoms. The summed E-state index contributed by atoms with van der Waals surface area (Å²) in [7, 11) is -3.79. The van der Waals surface area contributed by atoms with E-state index >= 15 is 0 Å². The van der Waals surface area contributed by atoms with Gasteiger partial charge in [-0.2, -0.15) is 22.7 Å². The minimum Gasteiger partial charge on any atom is -0.426 e. The van der Waals surface area contributed by atoms with Crippen molar-refractivity contribution in [3.63, 3.8) is 0 Å². The molecule has 168 valence electrons. The molecule has 2 heterocycles. The molecule has 0 fully saturated rings. The van der Waals surface area contributed by atoms with E-state index in [0.29, 0.717) is 0 Å². The van der Waals surface area contributed by atoms with Gasteiger partial charge in [-0.3, -0.25) is 9.59 Å². The summed E-state index contributed by atoms with van der Waals surface area (Å²) in [6.07, 6.45) is 0.293. The van der Waals surface area contributed by atoms with Gasteiger partial charge in [0.1, 0.15) is 11.5 Å². The molecular formula is C24H18O6S3. The van der Waals surface area contributed by atoms with E-state index in [0.717, 1.165) is 11.1 Å². The van der Waals surface area contributed by atoms with E-state index in [1.54, 1.807) is 0 Å². The number of sulfone groups is 1. The second-order valence-electron chi connectivity index (χ2n) is 7.01. The fourth-order valence-corrected chi connectivity index (χ4v) is 5.56. The Labute approximate surface area is 199 Å². The Morgan fingerprint density at radius 1 is 0.636 bits per heavy atom.